The highest BCUT2D eigenvalue weighted by Crippen LogP contribution is 2.14. The van der Waals surface area contributed by atoms with Crippen LogP contribution < -0.4 is 10.1 Å². The Labute approximate surface area is 114 Å². The largest absolute Gasteiger partial charge is 0.435 e. The van der Waals surface area contributed by atoms with E-state index in [0.29, 0.717) is 12.1 Å². The van der Waals surface area contributed by atoms with Gasteiger partial charge in [0, 0.05) is 18.8 Å². The van der Waals surface area contributed by atoms with Crippen molar-refractivity contribution in [1.82, 2.24) is 15.1 Å². The van der Waals surface area contributed by atoms with Crippen molar-refractivity contribution >= 4 is 5.91 Å². The minimum atomic E-state index is -2.88. The van der Waals surface area contributed by atoms with E-state index in [1.165, 1.54) is 24.3 Å². The number of rotatable bonds is 5. The monoisotopic (exact) mass is 281 g/mol. The van der Waals surface area contributed by atoms with Crippen molar-refractivity contribution in [2.24, 2.45) is 7.05 Å². The van der Waals surface area contributed by atoms with Crippen molar-refractivity contribution < 1.29 is 18.3 Å². The van der Waals surface area contributed by atoms with Crippen LogP contribution in [0.2, 0.25) is 0 Å². The molecule has 0 saturated heterocycles. The SMILES string of the molecule is Cn1nccc1CNC(=O)c1ccc(OC(F)F)cc1. The lowest BCUT2D eigenvalue weighted by Crippen LogP contribution is -2.24. The van der Waals surface area contributed by atoms with Gasteiger partial charge in [0.05, 0.1) is 12.2 Å². The molecule has 0 aliphatic rings. The van der Waals surface area contributed by atoms with E-state index in [-0.39, 0.29) is 11.7 Å². The minimum absolute atomic E-state index is 0.0168. The number of amides is 1. The van der Waals surface area contributed by atoms with E-state index in [2.05, 4.69) is 15.2 Å². The van der Waals surface area contributed by atoms with Crippen molar-refractivity contribution in [1.29, 1.82) is 0 Å². The van der Waals surface area contributed by atoms with Gasteiger partial charge in [0.1, 0.15) is 5.75 Å². The number of hydrogen-bond acceptors (Lipinski definition) is 3. The van der Waals surface area contributed by atoms with Gasteiger partial charge in [-0.2, -0.15) is 13.9 Å². The molecule has 0 unspecified atom stereocenters. The molecule has 0 saturated carbocycles. The summed E-state index contributed by atoms with van der Waals surface area (Å²) < 4.78 is 29.8. The Morgan fingerprint density at radius 1 is 1.35 bits per heavy atom. The van der Waals surface area contributed by atoms with Gasteiger partial charge in [0.2, 0.25) is 0 Å². The number of hydrogen-bond donors (Lipinski definition) is 1. The molecule has 7 heteroatoms. The number of nitrogens with one attached hydrogen (secondary N) is 1. The summed E-state index contributed by atoms with van der Waals surface area (Å²) >= 11 is 0. The summed E-state index contributed by atoms with van der Waals surface area (Å²) in [7, 11) is 1.78. The molecule has 106 valence electrons. The number of carbonyl (C=O) groups is 1. The maximum absolute atomic E-state index is 12.0. The molecule has 2 aromatic rings. The minimum Gasteiger partial charge on any atom is -0.435 e. The van der Waals surface area contributed by atoms with Crippen LogP contribution in [0.5, 0.6) is 5.75 Å². The molecule has 0 aliphatic carbocycles. The molecule has 5 nitrogen and oxygen atoms in total. The number of aryl methyl sites for hydroxylation is 1. The highest BCUT2D eigenvalue weighted by atomic mass is 19.3. The summed E-state index contributed by atoms with van der Waals surface area (Å²) in [6, 6.07) is 7.29. The van der Waals surface area contributed by atoms with Crippen LogP contribution in [0.25, 0.3) is 0 Å². The Morgan fingerprint density at radius 2 is 2.05 bits per heavy atom. The zero-order chi connectivity index (χ0) is 14.5. The van der Waals surface area contributed by atoms with E-state index in [1.807, 2.05) is 0 Å². The highest BCUT2D eigenvalue weighted by molar-refractivity contribution is 5.94. The van der Waals surface area contributed by atoms with Crippen LogP contribution in [-0.4, -0.2) is 22.3 Å². The van der Waals surface area contributed by atoms with Crippen molar-refractivity contribution in [3.63, 3.8) is 0 Å². The molecule has 1 aromatic carbocycles. The number of nitrogens with zero attached hydrogens (tertiary/aromatic N) is 2. The van der Waals surface area contributed by atoms with Gasteiger partial charge < -0.3 is 10.1 Å². The number of aromatic nitrogens is 2. The van der Waals surface area contributed by atoms with Gasteiger partial charge in [0.15, 0.2) is 0 Å². The molecule has 1 aromatic heterocycles. The fraction of sp³-hybridized carbons (Fsp3) is 0.231. The lowest BCUT2D eigenvalue weighted by Gasteiger charge is -2.07. The Hall–Kier alpha value is -2.44. The maximum atomic E-state index is 12.0. The fourth-order valence-electron chi connectivity index (χ4n) is 1.64. The van der Waals surface area contributed by atoms with Crippen molar-refractivity contribution in [2.45, 2.75) is 13.2 Å². The molecule has 2 rings (SSSR count). The summed E-state index contributed by atoms with van der Waals surface area (Å²) in [5.74, 6) is -0.280. The first-order valence-electron chi connectivity index (χ1n) is 5.86. The molecule has 0 bridgehead atoms. The lowest BCUT2D eigenvalue weighted by atomic mass is 10.2. The zero-order valence-corrected chi connectivity index (χ0v) is 10.7. The van der Waals surface area contributed by atoms with Gasteiger partial charge in [-0.15, -0.1) is 0 Å². The van der Waals surface area contributed by atoms with Crippen LogP contribution in [-0.2, 0) is 13.6 Å². The second-order valence-corrected chi connectivity index (χ2v) is 4.03. The Morgan fingerprint density at radius 3 is 2.60 bits per heavy atom. The molecule has 0 spiro atoms. The lowest BCUT2D eigenvalue weighted by molar-refractivity contribution is -0.0498. The smallest absolute Gasteiger partial charge is 0.387 e. The van der Waals surface area contributed by atoms with Gasteiger partial charge >= 0.3 is 6.61 Å². The molecule has 1 N–H and O–H groups in total. The van der Waals surface area contributed by atoms with E-state index in [1.54, 1.807) is 24.0 Å². The Kier molecular flexibility index (Phi) is 4.29. The molecule has 0 atom stereocenters. The molecular formula is C13H13F2N3O2. The second kappa shape index (κ2) is 6.14. The number of benzene rings is 1. The molecule has 0 fully saturated rings. The average molecular weight is 281 g/mol. The van der Waals surface area contributed by atoms with E-state index < -0.39 is 6.61 Å². The third-order valence-corrected chi connectivity index (χ3v) is 2.69. The first-order chi connectivity index (χ1) is 9.56. The molecule has 20 heavy (non-hydrogen) atoms. The van der Waals surface area contributed by atoms with Crippen LogP contribution in [0.15, 0.2) is 36.5 Å². The third kappa shape index (κ3) is 3.53. The first-order valence-corrected chi connectivity index (χ1v) is 5.86. The van der Waals surface area contributed by atoms with E-state index in [0.717, 1.165) is 5.69 Å². The van der Waals surface area contributed by atoms with Crippen LogP contribution in [0.3, 0.4) is 0 Å². The van der Waals surface area contributed by atoms with Gasteiger partial charge in [-0.3, -0.25) is 9.48 Å². The first kappa shape index (κ1) is 14.0. The van der Waals surface area contributed by atoms with E-state index >= 15 is 0 Å². The predicted octanol–water partition coefficient (Wildman–Crippen LogP) is 1.95. The fourth-order valence-corrected chi connectivity index (χ4v) is 1.64. The molecule has 1 amide bonds. The average Bonchev–Trinajstić information content (AvgIpc) is 2.82. The topological polar surface area (TPSA) is 56.2 Å². The molecule has 1 heterocycles. The Balaban J connectivity index is 1.94. The summed E-state index contributed by atoms with van der Waals surface area (Å²) in [4.78, 5) is 11.9. The van der Waals surface area contributed by atoms with Gasteiger partial charge in [-0.1, -0.05) is 0 Å². The summed E-state index contributed by atoms with van der Waals surface area (Å²) in [6.07, 6.45) is 1.64. The maximum Gasteiger partial charge on any atom is 0.387 e. The van der Waals surface area contributed by atoms with Crippen molar-refractivity contribution in [2.75, 3.05) is 0 Å². The number of halogens is 2. The van der Waals surface area contributed by atoms with Crippen molar-refractivity contribution in [3.8, 4) is 5.75 Å². The van der Waals surface area contributed by atoms with Crippen LogP contribution in [0, 0.1) is 0 Å². The van der Waals surface area contributed by atoms with Crippen LogP contribution in [0.1, 0.15) is 16.1 Å². The predicted molar refractivity (Wildman–Crippen MR) is 67.5 cm³/mol. The standard InChI is InChI=1S/C13H13F2N3O2/c1-18-10(6-7-17-18)8-16-12(19)9-2-4-11(5-3-9)20-13(14)15/h2-7,13H,8H2,1H3,(H,16,19). The van der Waals surface area contributed by atoms with Crippen molar-refractivity contribution in [3.05, 3.63) is 47.8 Å². The second-order valence-electron chi connectivity index (χ2n) is 4.03. The molecule has 0 aliphatic heterocycles. The number of ether oxygens (including phenoxy) is 1. The molecule has 0 radical (unpaired) electrons. The van der Waals surface area contributed by atoms with E-state index in [9.17, 15) is 13.6 Å². The number of alkyl halides is 2. The molecular weight excluding hydrogens is 268 g/mol. The quantitative estimate of drug-likeness (QED) is 0.911. The summed E-state index contributed by atoms with van der Waals surface area (Å²) in [6.45, 7) is -2.54. The Bertz CT molecular complexity index is 582. The van der Waals surface area contributed by atoms with Crippen LogP contribution >= 0.6 is 0 Å². The summed E-state index contributed by atoms with van der Waals surface area (Å²) in [5.41, 5.74) is 1.23. The summed E-state index contributed by atoms with van der Waals surface area (Å²) in [5, 5.41) is 6.70. The van der Waals surface area contributed by atoms with Gasteiger partial charge in [0.25, 0.3) is 5.91 Å². The normalized spacial score (nSPS) is 10.6. The van der Waals surface area contributed by atoms with Crippen LogP contribution in [0.4, 0.5) is 8.78 Å². The third-order valence-electron chi connectivity index (χ3n) is 2.69. The van der Waals surface area contributed by atoms with Gasteiger partial charge in [-0.05, 0) is 30.3 Å². The van der Waals surface area contributed by atoms with Gasteiger partial charge in [-0.25, -0.2) is 0 Å². The highest BCUT2D eigenvalue weighted by Gasteiger charge is 2.08. The number of carbonyl (C=O) groups excluding carboxylic acids is 1. The van der Waals surface area contributed by atoms with E-state index in [4.69, 9.17) is 0 Å². The zero-order valence-electron chi connectivity index (χ0n) is 10.7.